The van der Waals surface area contributed by atoms with Gasteiger partial charge in [0.25, 0.3) is 0 Å². The summed E-state index contributed by atoms with van der Waals surface area (Å²) < 4.78 is 0. The number of hydrogen-bond donors (Lipinski definition) is 0. The van der Waals surface area contributed by atoms with E-state index >= 15 is 0 Å². The molecule has 0 nitrogen and oxygen atoms in total. The first-order valence-corrected chi connectivity index (χ1v) is 19.8. The van der Waals surface area contributed by atoms with Gasteiger partial charge in [-0.05, 0) is 37.0 Å². The quantitative estimate of drug-likeness (QED) is 0.200. The number of benzene rings is 2. The molecule has 2 aromatic carbocycles. The first-order valence-electron chi connectivity index (χ1n) is 11.1. The van der Waals surface area contributed by atoms with Crippen molar-refractivity contribution in [1.29, 1.82) is 0 Å². The van der Waals surface area contributed by atoms with Crippen LogP contribution in [0.15, 0.2) is 48.0 Å². The Labute approximate surface area is 208 Å². The number of fused-ring (bicyclic) bond motifs is 1. The van der Waals surface area contributed by atoms with Crippen LogP contribution < -0.4 is 0 Å². The van der Waals surface area contributed by atoms with E-state index in [1.54, 1.807) is 0 Å². The molecule has 0 aliphatic carbocycles. The van der Waals surface area contributed by atoms with Crippen molar-refractivity contribution in [2.75, 3.05) is 37.0 Å². The summed E-state index contributed by atoms with van der Waals surface area (Å²) in [6.45, 7) is 17.9. The van der Waals surface area contributed by atoms with E-state index in [-0.39, 0.29) is 0 Å². The number of hydrogen-bond acceptors (Lipinski definition) is 0. The zero-order valence-electron chi connectivity index (χ0n) is 20.4. The van der Waals surface area contributed by atoms with Crippen molar-refractivity contribution in [1.82, 2.24) is 0 Å². The van der Waals surface area contributed by atoms with Crippen molar-refractivity contribution in [2.24, 2.45) is 0 Å². The van der Waals surface area contributed by atoms with Crippen LogP contribution in [0.1, 0.15) is 61.0 Å². The van der Waals surface area contributed by atoms with Crippen LogP contribution in [0.3, 0.4) is 0 Å². The summed E-state index contributed by atoms with van der Waals surface area (Å²) in [6.07, 6.45) is 11.9. The third-order valence-electron chi connectivity index (χ3n) is 4.86. The second kappa shape index (κ2) is 22.7. The van der Waals surface area contributed by atoms with Gasteiger partial charge in [0.1, 0.15) is 0 Å². The molecule has 0 unspecified atom stereocenters. The van der Waals surface area contributed by atoms with Crippen molar-refractivity contribution in [2.45, 2.75) is 55.4 Å². The van der Waals surface area contributed by atoms with E-state index in [0.717, 1.165) is 0 Å². The minimum atomic E-state index is 0.446. The molecule has 30 heavy (non-hydrogen) atoms. The van der Waals surface area contributed by atoms with Gasteiger partial charge in [-0.1, -0.05) is 85.0 Å². The predicted molar refractivity (Wildman–Crippen MR) is 147 cm³/mol. The summed E-state index contributed by atoms with van der Waals surface area (Å²) in [6, 6.07) is 14.7. The zero-order chi connectivity index (χ0) is 23.4. The predicted octanol–water partition coefficient (Wildman–Crippen LogP) is 9.86. The molecule has 0 spiro atoms. The van der Waals surface area contributed by atoms with E-state index in [2.05, 4.69) is 117 Å². The molecule has 0 heterocycles. The Morgan fingerprint density at radius 1 is 0.700 bits per heavy atom. The molecule has 0 amide bonds. The maximum atomic E-state index is 3.36. The maximum absolute atomic E-state index is 3.36. The molecule has 4 heteroatoms. The third kappa shape index (κ3) is 15.3. The minimum absolute atomic E-state index is 0.446. The van der Waals surface area contributed by atoms with Gasteiger partial charge in [0.15, 0.2) is 0 Å². The van der Waals surface area contributed by atoms with E-state index < -0.39 is 0 Å². The Morgan fingerprint density at radius 3 is 1.47 bits per heavy atom. The molecular weight excluding hydrogens is 649 g/mol. The van der Waals surface area contributed by atoms with Gasteiger partial charge in [-0.3, -0.25) is 0 Å². The molecule has 174 valence electrons. The SMILES string of the molecule is CC(C)=[C-]c1cccc2ccccc12.CCP(CC)CC.CCP(CC)CC.[Br][Pt+]. The van der Waals surface area contributed by atoms with Gasteiger partial charge < -0.3 is 0 Å². The molecule has 0 atom stereocenters. The fourth-order valence-corrected chi connectivity index (χ4v) is 5.63. The summed E-state index contributed by atoms with van der Waals surface area (Å²) in [5.74, 6) is 0. The molecule has 0 aliphatic rings. The molecule has 0 aliphatic heterocycles. The van der Waals surface area contributed by atoms with E-state index in [9.17, 15) is 0 Å². The van der Waals surface area contributed by atoms with Crippen molar-refractivity contribution < 1.29 is 17.8 Å². The summed E-state index contributed by atoms with van der Waals surface area (Å²) in [7, 11) is 0.892. The Balaban J connectivity index is 0. The van der Waals surface area contributed by atoms with Gasteiger partial charge in [-0.2, -0.15) is 17.7 Å². The van der Waals surface area contributed by atoms with Crippen LogP contribution in [-0.2, 0) is 17.8 Å². The van der Waals surface area contributed by atoms with Crippen LogP contribution in [0.2, 0.25) is 0 Å². The molecule has 2 rings (SSSR count). The van der Waals surface area contributed by atoms with Gasteiger partial charge in [0, 0.05) is 0 Å². The van der Waals surface area contributed by atoms with Gasteiger partial charge in [-0.25, -0.2) is 0 Å². The summed E-state index contributed by atoms with van der Waals surface area (Å²) in [5, 5.41) is 2.55. The van der Waals surface area contributed by atoms with E-state index in [0.29, 0.717) is 15.8 Å². The molecular formula is C26H43BrP2Pt. The van der Waals surface area contributed by atoms with Crippen LogP contribution in [0.5, 0.6) is 0 Å². The molecule has 0 N–H and O–H groups in total. The van der Waals surface area contributed by atoms with Gasteiger partial charge in [0.05, 0.1) is 0 Å². The molecule has 0 saturated carbocycles. The number of allylic oxidation sites excluding steroid dienone is 1. The first kappa shape index (κ1) is 32.6. The van der Waals surface area contributed by atoms with Crippen molar-refractivity contribution >= 4 is 39.9 Å². The van der Waals surface area contributed by atoms with Crippen molar-refractivity contribution in [3.63, 3.8) is 0 Å². The number of halogens is 1. The van der Waals surface area contributed by atoms with Crippen molar-refractivity contribution in [3.8, 4) is 0 Å². The van der Waals surface area contributed by atoms with E-state index in [1.807, 2.05) is 17.8 Å². The second-order valence-corrected chi connectivity index (χ2v) is 13.4. The standard InChI is InChI=1S/C14H13.2C6H15P.BrH.Pt/c1-11(2)10-13-8-5-7-12-6-3-4-9-14(12)13;2*1-4-7(5-2)6-3;;/h3-9H,1-2H3;2*4-6H2,1-3H3;1H;/q-1;;;;+2/p-1. The van der Waals surface area contributed by atoms with Crippen LogP contribution in [0, 0.1) is 6.08 Å². The van der Waals surface area contributed by atoms with Gasteiger partial charge in [0.2, 0.25) is 0 Å². The van der Waals surface area contributed by atoms with Gasteiger partial charge in [-0.15, -0.1) is 38.9 Å². The fraction of sp³-hybridized carbons (Fsp3) is 0.538. The molecule has 0 radical (unpaired) electrons. The Morgan fingerprint density at radius 2 is 1.10 bits per heavy atom. The molecule has 2 aromatic rings. The van der Waals surface area contributed by atoms with Crippen molar-refractivity contribution in [3.05, 3.63) is 59.7 Å². The molecule has 0 fully saturated rings. The Kier molecular flexibility index (Phi) is 24.7. The summed E-state index contributed by atoms with van der Waals surface area (Å²) >= 11 is 4.86. The monoisotopic (exact) mass is 691 g/mol. The van der Waals surface area contributed by atoms with E-state index in [4.69, 9.17) is 0 Å². The summed E-state index contributed by atoms with van der Waals surface area (Å²) in [5.41, 5.74) is 2.39. The average molecular weight is 693 g/mol. The van der Waals surface area contributed by atoms with Crippen LogP contribution in [0.25, 0.3) is 10.8 Å². The normalized spacial score (nSPS) is 9.77. The topological polar surface area (TPSA) is 0 Å². The molecule has 0 bridgehead atoms. The Bertz CT molecular complexity index is 633. The summed E-state index contributed by atoms with van der Waals surface area (Å²) in [4.78, 5) is 0. The van der Waals surface area contributed by atoms with Crippen LogP contribution >= 0.6 is 29.1 Å². The average Bonchev–Trinajstić information content (AvgIpc) is 2.78. The second-order valence-electron chi connectivity index (χ2n) is 6.89. The molecule has 0 aromatic heterocycles. The van der Waals surface area contributed by atoms with Gasteiger partial charge >= 0.3 is 31.1 Å². The first-order chi connectivity index (χ1) is 14.5. The Hall–Kier alpha value is 0.468. The van der Waals surface area contributed by atoms with Crippen LogP contribution in [-0.4, -0.2) is 37.0 Å². The molecule has 0 saturated heterocycles. The zero-order valence-corrected chi connectivity index (χ0v) is 26.0. The fourth-order valence-electron chi connectivity index (χ4n) is 2.95. The number of rotatable bonds is 7. The third-order valence-corrected chi connectivity index (χ3v) is 10.2. The van der Waals surface area contributed by atoms with E-state index in [1.165, 1.54) is 58.9 Å². The van der Waals surface area contributed by atoms with Crippen LogP contribution in [0.4, 0.5) is 0 Å².